The van der Waals surface area contributed by atoms with Crippen LogP contribution < -0.4 is 10.6 Å². The zero-order valence-corrected chi connectivity index (χ0v) is 13.4. The standard InChI is InChI=1S/C17H13N5O4/c23-15-9-14(16(24)18-11-6-2-4-8-13(11)22(25)26)21-12-7-3-1-5-10(12)19-17(21)20-15/h1-8,14H,9H2,(H,18,24)(H,19,20,23)/t14-/m1/s1. The Balaban J connectivity index is 1.74. The molecule has 9 nitrogen and oxygen atoms in total. The molecule has 0 unspecified atom stereocenters. The zero-order valence-electron chi connectivity index (χ0n) is 13.4. The van der Waals surface area contributed by atoms with Crippen LogP contribution in [0.5, 0.6) is 0 Å². The fraction of sp³-hybridized carbons (Fsp3) is 0.118. The number of carbonyl (C=O) groups excluding carboxylic acids is 2. The molecule has 1 aromatic heterocycles. The molecule has 4 rings (SSSR count). The minimum Gasteiger partial charge on any atom is -0.319 e. The van der Waals surface area contributed by atoms with Gasteiger partial charge in [0.2, 0.25) is 17.8 Å². The van der Waals surface area contributed by atoms with Crippen molar-refractivity contribution in [3.63, 3.8) is 0 Å². The number of nitrogens with one attached hydrogen (secondary N) is 2. The van der Waals surface area contributed by atoms with E-state index in [9.17, 15) is 19.7 Å². The highest BCUT2D eigenvalue weighted by Gasteiger charge is 2.33. The zero-order chi connectivity index (χ0) is 18.3. The Kier molecular flexibility index (Phi) is 3.61. The lowest BCUT2D eigenvalue weighted by molar-refractivity contribution is -0.383. The van der Waals surface area contributed by atoms with E-state index in [1.54, 1.807) is 22.8 Å². The van der Waals surface area contributed by atoms with E-state index in [0.717, 1.165) is 0 Å². The number of benzene rings is 2. The molecular weight excluding hydrogens is 338 g/mol. The van der Waals surface area contributed by atoms with Crippen LogP contribution in [0, 0.1) is 10.1 Å². The number of hydrogen-bond donors (Lipinski definition) is 2. The number of nitro groups is 1. The van der Waals surface area contributed by atoms with Gasteiger partial charge in [-0.2, -0.15) is 0 Å². The van der Waals surface area contributed by atoms with Crippen LogP contribution in [0.2, 0.25) is 0 Å². The fourth-order valence-corrected chi connectivity index (χ4v) is 3.06. The topological polar surface area (TPSA) is 119 Å². The van der Waals surface area contributed by atoms with Gasteiger partial charge in [0.15, 0.2) is 0 Å². The van der Waals surface area contributed by atoms with Crippen molar-refractivity contribution in [1.82, 2.24) is 9.55 Å². The molecule has 2 N–H and O–H groups in total. The molecule has 0 saturated carbocycles. The molecule has 1 aliphatic heterocycles. The molecule has 2 aromatic carbocycles. The van der Waals surface area contributed by atoms with Crippen molar-refractivity contribution in [2.24, 2.45) is 0 Å². The molecule has 26 heavy (non-hydrogen) atoms. The largest absolute Gasteiger partial charge is 0.319 e. The SMILES string of the molecule is O=C1C[C@H](C(=O)Nc2ccccc2[N+](=O)[O-])n2c(nc3ccccc32)N1. The van der Waals surface area contributed by atoms with Crippen LogP contribution in [0.15, 0.2) is 48.5 Å². The molecule has 130 valence electrons. The average molecular weight is 351 g/mol. The first-order chi connectivity index (χ1) is 12.5. The Hall–Kier alpha value is -3.75. The highest BCUT2D eigenvalue weighted by Crippen LogP contribution is 2.32. The summed E-state index contributed by atoms with van der Waals surface area (Å²) in [6, 6.07) is 12.2. The quantitative estimate of drug-likeness (QED) is 0.555. The molecule has 0 spiro atoms. The third-order valence-corrected chi connectivity index (χ3v) is 4.20. The minimum absolute atomic E-state index is 0.0828. The van der Waals surface area contributed by atoms with Gasteiger partial charge in [0, 0.05) is 6.07 Å². The molecule has 0 saturated heterocycles. The number of imidazole rings is 1. The molecule has 3 aromatic rings. The predicted octanol–water partition coefficient (Wildman–Crippen LogP) is 2.47. The van der Waals surface area contributed by atoms with Crippen LogP contribution in [0.25, 0.3) is 11.0 Å². The van der Waals surface area contributed by atoms with Crippen molar-refractivity contribution in [3.8, 4) is 0 Å². The Bertz CT molecular complexity index is 1060. The van der Waals surface area contributed by atoms with Crippen LogP contribution in [0.4, 0.5) is 17.3 Å². The van der Waals surface area contributed by atoms with Crippen LogP contribution in [0.1, 0.15) is 12.5 Å². The van der Waals surface area contributed by atoms with Gasteiger partial charge in [-0.3, -0.25) is 29.6 Å². The number of nitro benzene ring substituents is 1. The van der Waals surface area contributed by atoms with E-state index in [2.05, 4.69) is 15.6 Å². The van der Waals surface area contributed by atoms with Gasteiger partial charge in [-0.15, -0.1) is 0 Å². The summed E-state index contributed by atoms with van der Waals surface area (Å²) >= 11 is 0. The third-order valence-electron chi connectivity index (χ3n) is 4.20. The summed E-state index contributed by atoms with van der Waals surface area (Å²) in [6.07, 6.45) is -0.0835. The van der Waals surface area contributed by atoms with E-state index in [0.29, 0.717) is 11.0 Å². The van der Waals surface area contributed by atoms with Crippen molar-refractivity contribution in [3.05, 3.63) is 58.6 Å². The van der Waals surface area contributed by atoms with Crippen molar-refractivity contribution >= 4 is 40.2 Å². The van der Waals surface area contributed by atoms with Crippen LogP contribution in [-0.2, 0) is 9.59 Å². The lowest BCUT2D eigenvalue weighted by Crippen LogP contribution is -2.35. The first-order valence-electron chi connectivity index (χ1n) is 7.85. The van der Waals surface area contributed by atoms with Gasteiger partial charge in [-0.05, 0) is 18.2 Å². The molecule has 1 atom stereocenters. The monoisotopic (exact) mass is 351 g/mol. The highest BCUT2D eigenvalue weighted by molar-refractivity contribution is 6.03. The summed E-state index contributed by atoms with van der Waals surface area (Å²) in [6.45, 7) is 0. The Morgan fingerprint density at radius 1 is 1.23 bits per heavy atom. The number of nitrogens with zero attached hydrogens (tertiary/aromatic N) is 3. The van der Waals surface area contributed by atoms with Crippen molar-refractivity contribution in [2.75, 3.05) is 10.6 Å². The molecule has 1 aliphatic rings. The summed E-state index contributed by atoms with van der Waals surface area (Å²) in [4.78, 5) is 39.7. The number of anilines is 2. The van der Waals surface area contributed by atoms with E-state index >= 15 is 0 Å². The van der Waals surface area contributed by atoms with Crippen LogP contribution >= 0.6 is 0 Å². The maximum atomic E-state index is 12.8. The first-order valence-corrected chi connectivity index (χ1v) is 7.85. The number of hydrogen-bond acceptors (Lipinski definition) is 5. The number of amides is 2. The minimum atomic E-state index is -0.856. The summed E-state index contributed by atoms with van der Waals surface area (Å²) in [7, 11) is 0. The molecule has 0 bridgehead atoms. The second-order valence-corrected chi connectivity index (χ2v) is 5.83. The fourth-order valence-electron chi connectivity index (χ4n) is 3.06. The average Bonchev–Trinajstić information content (AvgIpc) is 2.99. The van der Waals surface area contributed by atoms with Gasteiger partial charge in [0.1, 0.15) is 11.7 Å². The molecular formula is C17H13N5O4. The smallest absolute Gasteiger partial charge is 0.292 e. The molecule has 2 heterocycles. The van der Waals surface area contributed by atoms with E-state index in [4.69, 9.17) is 0 Å². The number of para-hydroxylation sites is 4. The Morgan fingerprint density at radius 3 is 2.77 bits per heavy atom. The lowest BCUT2D eigenvalue weighted by Gasteiger charge is -2.24. The van der Waals surface area contributed by atoms with Gasteiger partial charge in [-0.25, -0.2) is 4.98 Å². The number of rotatable bonds is 3. The lowest BCUT2D eigenvalue weighted by atomic mass is 10.1. The number of carbonyl (C=O) groups is 2. The summed E-state index contributed by atoms with van der Waals surface area (Å²) in [5, 5.41) is 16.4. The third kappa shape index (κ3) is 2.55. The van der Waals surface area contributed by atoms with E-state index in [1.807, 2.05) is 12.1 Å². The Morgan fingerprint density at radius 2 is 1.96 bits per heavy atom. The van der Waals surface area contributed by atoms with Gasteiger partial charge in [-0.1, -0.05) is 24.3 Å². The number of fused-ring (bicyclic) bond motifs is 3. The molecule has 0 fully saturated rings. The maximum absolute atomic E-state index is 12.8. The predicted molar refractivity (Wildman–Crippen MR) is 93.7 cm³/mol. The molecule has 0 aliphatic carbocycles. The van der Waals surface area contributed by atoms with E-state index in [1.165, 1.54) is 18.2 Å². The maximum Gasteiger partial charge on any atom is 0.292 e. The molecule has 0 radical (unpaired) electrons. The normalized spacial score (nSPS) is 16.0. The molecule has 9 heteroatoms. The van der Waals surface area contributed by atoms with Gasteiger partial charge >= 0.3 is 0 Å². The summed E-state index contributed by atoms with van der Waals surface area (Å²) in [5.41, 5.74) is 1.22. The van der Waals surface area contributed by atoms with Gasteiger partial charge < -0.3 is 5.32 Å². The van der Waals surface area contributed by atoms with Crippen LogP contribution in [0.3, 0.4) is 0 Å². The van der Waals surface area contributed by atoms with Crippen LogP contribution in [-0.4, -0.2) is 26.3 Å². The second-order valence-electron chi connectivity index (χ2n) is 5.83. The second kappa shape index (κ2) is 5.96. The van der Waals surface area contributed by atoms with E-state index < -0.39 is 16.9 Å². The van der Waals surface area contributed by atoms with Gasteiger partial charge in [0.25, 0.3) is 5.69 Å². The van der Waals surface area contributed by atoms with Crippen molar-refractivity contribution < 1.29 is 14.5 Å². The van der Waals surface area contributed by atoms with Gasteiger partial charge in [0.05, 0.1) is 22.4 Å². The summed E-state index contributed by atoms with van der Waals surface area (Å²) < 4.78 is 1.64. The molecule has 2 amide bonds. The summed E-state index contributed by atoms with van der Waals surface area (Å²) in [5.74, 6) is -0.570. The van der Waals surface area contributed by atoms with E-state index in [-0.39, 0.29) is 29.7 Å². The van der Waals surface area contributed by atoms with Crippen molar-refractivity contribution in [2.45, 2.75) is 12.5 Å². The number of aromatic nitrogens is 2. The van der Waals surface area contributed by atoms with Crippen molar-refractivity contribution in [1.29, 1.82) is 0 Å². The first kappa shape index (κ1) is 15.8. The highest BCUT2D eigenvalue weighted by atomic mass is 16.6. The Labute approximate surface area is 146 Å².